The van der Waals surface area contributed by atoms with Crippen LogP contribution in [0.1, 0.15) is 13.8 Å². The first-order valence-electron chi connectivity index (χ1n) is 8.97. The first-order chi connectivity index (χ1) is 12.9. The average molecular weight is 398 g/mol. The van der Waals surface area contributed by atoms with Crippen LogP contribution in [0.4, 0.5) is 0 Å². The molecule has 0 spiro atoms. The first-order valence-corrected chi connectivity index (χ1v) is 12.7. The van der Waals surface area contributed by atoms with E-state index in [0.29, 0.717) is 15.9 Å². The maximum absolute atomic E-state index is 14.3. The molecule has 0 heterocycles. The Hall–Kier alpha value is -1.92. The molecule has 1 atom stereocenters. The van der Waals surface area contributed by atoms with E-state index in [0.717, 1.165) is 0 Å². The quantitative estimate of drug-likeness (QED) is 0.527. The van der Waals surface area contributed by atoms with E-state index in [1.54, 1.807) is 12.1 Å². The van der Waals surface area contributed by atoms with Crippen LogP contribution in [-0.4, -0.2) is 12.0 Å². The molecule has 0 fully saturated rings. The molecule has 0 amide bonds. The van der Waals surface area contributed by atoms with Gasteiger partial charge in [0.2, 0.25) is 7.37 Å². The van der Waals surface area contributed by atoms with E-state index in [4.69, 9.17) is 4.52 Å². The summed E-state index contributed by atoms with van der Waals surface area (Å²) in [7, 11) is -6.50. The lowest BCUT2D eigenvalue weighted by Crippen LogP contribution is -2.22. The second-order valence-electron chi connectivity index (χ2n) is 6.72. The largest absolute Gasteiger partial charge is 0.322 e. The Kier molecular flexibility index (Phi) is 6.17. The standard InChI is InChI=1S/C22H24O3P2/c1-19(2)25-27(24,22-16-10-5-11-17-22)18-26(23,20-12-6-3-7-13-20)21-14-8-4-9-15-21/h3-17,19H,18H2,1-2H3. The summed E-state index contributed by atoms with van der Waals surface area (Å²) >= 11 is 0. The molecule has 3 rings (SSSR count). The van der Waals surface area contributed by atoms with Gasteiger partial charge in [-0.2, -0.15) is 0 Å². The van der Waals surface area contributed by atoms with E-state index in [1.807, 2.05) is 92.7 Å². The molecule has 0 N–H and O–H groups in total. The van der Waals surface area contributed by atoms with Crippen LogP contribution in [0.25, 0.3) is 0 Å². The molecular formula is C22H24O3P2. The Morgan fingerprint density at radius 2 is 1.04 bits per heavy atom. The maximum atomic E-state index is 14.3. The van der Waals surface area contributed by atoms with Gasteiger partial charge in [0.25, 0.3) is 0 Å². The third kappa shape index (κ3) is 4.50. The monoisotopic (exact) mass is 398 g/mol. The summed E-state index contributed by atoms with van der Waals surface area (Å²) in [5.41, 5.74) is 0. The van der Waals surface area contributed by atoms with Crippen molar-refractivity contribution in [3.05, 3.63) is 91.0 Å². The van der Waals surface area contributed by atoms with Gasteiger partial charge in [0.15, 0.2) is 7.14 Å². The molecule has 0 bridgehead atoms. The fourth-order valence-corrected chi connectivity index (χ4v) is 10.4. The van der Waals surface area contributed by atoms with Crippen molar-refractivity contribution in [2.45, 2.75) is 20.0 Å². The molecule has 0 saturated carbocycles. The lowest BCUT2D eigenvalue weighted by atomic mass is 10.4. The zero-order chi connectivity index (χ0) is 19.3. The van der Waals surface area contributed by atoms with Crippen molar-refractivity contribution in [2.24, 2.45) is 0 Å². The van der Waals surface area contributed by atoms with Gasteiger partial charge in [0, 0.05) is 15.9 Å². The molecule has 0 aromatic heterocycles. The predicted octanol–water partition coefficient (Wildman–Crippen LogP) is 4.99. The summed E-state index contributed by atoms with van der Waals surface area (Å²) < 4.78 is 34.3. The summed E-state index contributed by atoms with van der Waals surface area (Å²) in [6, 6.07) is 27.7. The van der Waals surface area contributed by atoms with Crippen molar-refractivity contribution < 1.29 is 13.7 Å². The summed E-state index contributed by atoms with van der Waals surface area (Å²) in [5, 5.41) is 1.99. The molecule has 0 aliphatic carbocycles. The molecular weight excluding hydrogens is 374 g/mol. The van der Waals surface area contributed by atoms with E-state index in [9.17, 15) is 9.13 Å². The summed E-state index contributed by atoms with van der Waals surface area (Å²) in [5.74, 6) is -0.0315. The molecule has 3 aromatic rings. The summed E-state index contributed by atoms with van der Waals surface area (Å²) in [4.78, 5) is 0. The van der Waals surface area contributed by atoms with Gasteiger partial charge < -0.3 is 9.09 Å². The zero-order valence-corrected chi connectivity index (χ0v) is 17.4. The maximum Gasteiger partial charge on any atom is 0.240 e. The van der Waals surface area contributed by atoms with Crippen molar-refractivity contribution in [1.29, 1.82) is 0 Å². The Morgan fingerprint density at radius 1 is 0.667 bits per heavy atom. The van der Waals surface area contributed by atoms with Crippen LogP contribution in [0.5, 0.6) is 0 Å². The third-order valence-corrected chi connectivity index (χ3v) is 11.5. The van der Waals surface area contributed by atoms with Crippen molar-refractivity contribution in [2.75, 3.05) is 5.90 Å². The Labute approximate surface area is 161 Å². The predicted molar refractivity (Wildman–Crippen MR) is 115 cm³/mol. The van der Waals surface area contributed by atoms with Crippen LogP contribution in [0.2, 0.25) is 0 Å². The lowest BCUT2D eigenvalue weighted by Gasteiger charge is -2.27. The molecule has 140 valence electrons. The van der Waals surface area contributed by atoms with Crippen LogP contribution >= 0.6 is 14.5 Å². The first kappa shape index (κ1) is 19.8. The molecule has 3 aromatic carbocycles. The fraction of sp³-hybridized carbons (Fsp3) is 0.182. The van der Waals surface area contributed by atoms with Crippen molar-refractivity contribution >= 4 is 30.4 Å². The smallest absolute Gasteiger partial charge is 0.240 e. The minimum absolute atomic E-state index is 0.0315. The van der Waals surface area contributed by atoms with Crippen LogP contribution in [0, 0.1) is 0 Å². The zero-order valence-electron chi connectivity index (χ0n) is 15.6. The molecule has 0 aliphatic rings. The van der Waals surface area contributed by atoms with Gasteiger partial charge >= 0.3 is 0 Å². The number of hydrogen-bond acceptors (Lipinski definition) is 3. The van der Waals surface area contributed by atoms with Gasteiger partial charge in [-0.05, 0) is 26.0 Å². The van der Waals surface area contributed by atoms with E-state index in [-0.39, 0.29) is 12.0 Å². The Morgan fingerprint density at radius 3 is 1.41 bits per heavy atom. The SMILES string of the molecule is CC(C)OP(=O)(CP(=O)(c1ccccc1)c1ccccc1)c1ccccc1. The lowest BCUT2D eigenvalue weighted by molar-refractivity contribution is 0.250. The van der Waals surface area contributed by atoms with Gasteiger partial charge in [-0.3, -0.25) is 4.57 Å². The third-order valence-electron chi connectivity index (χ3n) is 4.26. The highest BCUT2D eigenvalue weighted by Crippen LogP contribution is 2.60. The molecule has 3 nitrogen and oxygen atoms in total. The number of rotatable bonds is 7. The van der Waals surface area contributed by atoms with Crippen LogP contribution in [0.15, 0.2) is 91.0 Å². The summed E-state index contributed by atoms with van der Waals surface area (Å²) in [6.45, 7) is 3.71. The minimum atomic E-state index is -3.34. The summed E-state index contributed by atoms with van der Waals surface area (Å²) in [6.07, 6.45) is -0.240. The topological polar surface area (TPSA) is 43.4 Å². The van der Waals surface area contributed by atoms with E-state index < -0.39 is 14.5 Å². The highest BCUT2D eigenvalue weighted by molar-refractivity contribution is 7.89. The number of hydrogen-bond donors (Lipinski definition) is 0. The molecule has 0 saturated heterocycles. The second kappa shape index (κ2) is 8.40. The average Bonchev–Trinajstić information content (AvgIpc) is 2.69. The van der Waals surface area contributed by atoms with Crippen LogP contribution in [0.3, 0.4) is 0 Å². The van der Waals surface area contributed by atoms with E-state index in [1.165, 1.54) is 0 Å². The van der Waals surface area contributed by atoms with Crippen molar-refractivity contribution in [3.8, 4) is 0 Å². The molecule has 1 unspecified atom stereocenters. The van der Waals surface area contributed by atoms with Gasteiger partial charge in [-0.15, -0.1) is 0 Å². The van der Waals surface area contributed by atoms with E-state index in [2.05, 4.69) is 0 Å². The molecule has 0 radical (unpaired) electrons. The Bertz CT molecular complexity index is 911. The highest BCUT2D eigenvalue weighted by atomic mass is 31.2. The minimum Gasteiger partial charge on any atom is -0.322 e. The molecule has 27 heavy (non-hydrogen) atoms. The van der Waals surface area contributed by atoms with Crippen molar-refractivity contribution in [1.82, 2.24) is 0 Å². The Balaban J connectivity index is 2.15. The van der Waals surface area contributed by atoms with Crippen molar-refractivity contribution in [3.63, 3.8) is 0 Å². The molecule has 5 heteroatoms. The second-order valence-corrected chi connectivity index (χ2v) is 12.4. The van der Waals surface area contributed by atoms with Gasteiger partial charge in [0.05, 0.1) is 12.0 Å². The van der Waals surface area contributed by atoms with Gasteiger partial charge in [0.1, 0.15) is 0 Å². The van der Waals surface area contributed by atoms with Crippen LogP contribution in [-0.2, 0) is 13.7 Å². The fourth-order valence-electron chi connectivity index (χ4n) is 3.08. The van der Waals surface area contributed by atoms with Gasteiger partial charge in [-0.1, -0.05) is 78.9 Å². The van der Waals surface area contributed by atoms with Crippen LogP contribution < -0.4 is 15.9 Å². The number of benzene rings is 3. The normalized spacial score (nSPS) is 14.0. The molecule has 0 aliphatic heterocycles. The van der Waals surface area contributed by atoms with E-state index >= 15 is 0 Å². The highest BCUT2D eigenvalue weighted by Gasteiger charge is 2.39. The van der Waals surface area contributed by atoms with Gasteiger partial charge in [-0.25, -0.2) is 0 Å².